The van der Waals surface area contributed by atoms with E-state index < -0.39 is 19.9 Å². The highest BCUT2D eigenvalue weighted by Gasteiger charge is 2.29. The number of hydrogen-bond donors (Lipinski definition) is 1. The number of nitrogens with zero attached hydrogens (tertiary/aromatic N) is 1. The lowest BCUT2D eigenvalue weighted by atomic mass is 10.1. The van der Waals surface area contributed by atoms with E-state index in [0.717, 1.165) is 4.31 Å². The van der Waals surface area contributed by atoms with E-state index in [1.54, 1.807) is 0 Å². The highest BCUT2D eigenvalue weighted by atomic mass is 32.2. The van der Waals surface area contributed by atoms with E-state index in [1.807, 2.05) is 0 Å². The molecule has 1 aromatic carbocycles. The van der Waals surface area contributed by atoms with E-state index in [2.05, 4.69) is 5.32 Å². The van der Waals surface area contributed by atoms with Crippen LogP contribution in [0.25, 0.3) is 0 Å². The Hall–Kier alpha value is -1.45. The fourth-order valence-corrected chi connectivity index (χ4v) is 5.19. The van der Waals surface area contributed by atoms with Crippen LogP contribution in [0.3, 0.4) is 0 Å². The number of benzene rings is 1. The van der Waals surface area contributed by atoms with Crippen molar-refractivity contribution >= 4 is 31.5 Å². The smallest absolute Gasteiger partial charge is 0.242 e. The van der Waals surface area contributed by atoms with Crippen LogP contribution in [0.1, 0.15) is 12.8 Å². The van der Waals surface area contributed by atoms with Gasteiger partial charge in [0.25, 0.3) is 0 Å². The second-order valence-electron chi connectivity index (χ2n) is 5.83. The molecule has 0 radical (unpaired) electrons. The molecule has 0 aromatic heterocycles. The number of sulfone groups is 1. The first kappa shape index (κ1) is 17.9. The van der Waals surface area contributed by atoms with Crippen molar-refractivity contribution in [3.05, 3.63) is 24.3 Å². The molecule has 0 bridgehead atoms. The van der Waals surface area contributed by atoms with Crippen molar-refractivity contribution in [1.29, 1.82) is 0 Å². The van der Waals surface area contributed by atoms with E-state index in [-0.39, 0.29) is 34.6 Å². The van der Waals surface area contributed by atoms with E-state index >= 15 is 0 Å². The summed E-state index contributed by atoms with van der Waals surface area (Å²) < 4.78 is 47.7. The highest BCUT2D eigenvalue weighted by molar-refractivity contribution is 7.91. The summed E-state index contributed by atoms with van der Waals surface area (Å²) in [7, 11) is -3.61. The number of sulfonamides is 1. The third-order valence-corrected chi connectivity index (χ3v) is 7.38. The van der Waals surface area contributed by atoms with Crippen molar-refractivity contribution in [1.82, 2.24) is 4.31 Å². The van der Waals surface area contributed by atoms with Crippen LogP contribution in [-0.2, 0) is 24.7 Å². The van der Waals surface area contributed by atoms with Crippen LogP contribution >= 0.6 is 0 Å². The van der Waals surface area contributed by atoms with Crippen molar-refractivity contribution in [3.8, 4) is 0 Å². The number of anilines is 1. The van der Waals surface area contributed by atoms with Gasteiger partial charge in [-0.1, -0.05) is 0 Å². The summed E-state index contributed by atoms with van der Waals surface area (Å²) in [5.74, 6) is -0.216. The lowest BCUT2D eigenvalue weighted by Crippen LogP contribution is -2.22. The molecule has 1 saturated heterocycles. The number of rotatable bonds is 5. The van der Waals surface area contributed by atoms with E-state index in [4.69, 9.17) is 0 Å². The van der Waals surface area contributed by atoms with Crippen molar-refractivity contribution in [2.75, 3.05) is 30.9 Å². The van der Waals surface area contributed by atoms with Gasteiger partial charge in [0, 0.05) is 26.2 Å². The largest absolute Gasteiger partial charge is 0.326 e. The van der Waals surface area contributed by atoms with Gasteiger partial charge in [0.05, 0.1) is 16.4 Å². The number of carbonyl (C=O) groups is 1. The predicted octanol–water partition coefficient (Wildman–Crippen LogP) is 0.700. The topological polar surface area (TPSA) is 101 Å². The van der Waals surface area contributed by atoms with E-state index in [1.165, 1.54) is 38.4 Å². The standard InChI is InChI=1S/C14H20N2O5S2/c1-16(2)23(20,21)13-5-3-12(4-6-13)15-14(17)9-11-7-8-22(18,19)10-11/h3-6,11H,7-10H2,1-2H3,(H,15,17)/t11-/m0/s1. The van der Waals surface area contributed by atoms with Crippen LogP contribution in [0.2, 0.25) is 0 Å². The maximum atomic E-state index is 11.9. The summed E-state index contributed by atoms with van der Waals surface area (Å²) in [4.78, 5) is 12.1. The van der Waals surface area contributed by atoms with Gasteiger partial charge in [0.2, 0.25) is 15.9 Å². The molecule has 23 heavy (non-hydrogen) atoms. The normalized spacial score (nSPS) is 20.6. The molecule has 1 amide bonds. The zero-order valence-corrected chi connectivity index (χ0v) is 14.7. The molecule has 1 aromatic rings. The molecular formula is C14H20N2O5S2. The molecule has 1 atom stereocenters. The Bertz CT molecular complexity index is 783. The molecule has 0 saturated carbocycles. The molecule has 128 valence electrons. The fraction of sp³-hybridized carbons (Fsp3) is 0.500. The molecular weight excluding hydrogens is 340 g/mol. The fourth-order valence-electron chi connectivity index (χ4n) is 2.43. The van der Waals surface area contributed by atoms with Gasteiger partial charge in [-0.05, 0) is 36.6 Å². The van der Waals surface area contributed by atoms with Crippen LogP contribution in [0, 0.1) is 5.92 Å². The van der Waals surface area contributed by atoms with Gasteiger partial charge in [-0.3, -0.25) is 4.79 Å². The van der Waals surface area contributed by atoms with E-state index in [0.29, 0.717) is 12.1 Å². The predicted molar refractivity (Wildman–Crippen MR) is 87.3 cm³/mol. The second-order valence-corrected chi connectivity index (χ2v) is 10.2. The molecule has 1 aliphatic rings. The Balaban J connectivity index is 1.97. The summed E-state index contributed by atoms with van der Waals surface area (Å²) >= 11 is 0. The van der Waals surface area contributed by atoms with Crippen molar-refractivity contribution in [2.24, 2.45) is 5.92 Å². The lowest BCUT2D eigenvalue weighted by molar-refractivity contribution is -0.116. The van der Waals surface area contributed by atoms with Crippen molar-refractivity contribution in [2.45, 2.75) is 17.7 Å². The van der Waals surface area contributed by atoms with Gasteiger partial charge >= 0.3 is 0 Å². The summed E-state index contributed by atoms with van der Waals surface area (Å²) in [6.07, 6.45) is 0.659. The van der Waals surface area contributed by atoms with Gasteiger partial charge in [0.15, 0.2) is 9.84 Å². The van der Waals surface area contributed by atoms with Crippen LogP contribution in [0.4, 0.5) is 5.69 Å². The summed E-state index contributed by atoms with van der Waals surface area (Å²) in [5, 5.41) is 2.66. The quantitative estimate of drug-likeness (QED) is 0.833. The van der Waals surface area contributed by atoms with Gasteiger partial charge < -0.3 is 5.32 Å². The molecule has 7 nitrogen and oxygen atoms in total. The molecule has 1 N–H and O–H groups in total. The number of nitrogens with one attached hydrogen (secondary N) is 1. The van der Waals surface area contributed by atoms with E-state index in [9.17, 15) is 21.6 Å². The van der Waals surface area contributed by atoms with Crippen LogP contribution in [0.15, 0.2) is 29.2 Å². The average Bonchev–Trinajstić information content (AvgIpc) is 2.78. The maximum Gasteiger partial charge on any atom is 0.242 e. The number of amides is 1. The van der Waals surface area contributed by atoms with Gasteiger partial charge in [-0.25, -0.2) is 21.1 Å². The molecule has 2 rings (SSSR count). The first-order chi connectivity index (χ1) is 10.6. The Morgan fingerprint density at radius 3 is 2.35 bits per heavy atom. The summed E-state index contributed by atoms with van der Waals surface area (Å²) in [5.41, 5.74) is 0.480. The highest BCUT2D eigenvalue weighted by Crippen LogP contribution is 2.22. The molecule has 0 spiro atoms. The second kappa shape index (κ2) is 6.58. The van der Waals surface area contributed by atoms with Gasteiger partial charge in [-0.2, -0.15) is 0 Å². The van der Waals surface area contributed by atoms with Gasteiger partial charge in [0.1, 0.15) is 0 Å². The van der Waals surface area contributed by atoms with Crippen LogP contribution in [-0.4, -0.2) is 52.6 Å². The minimum absolute atomic E-state index is 0.0560. The van der Waals surface area contributed by atoms with Crippen LogP contribution in [0.5, 0.6) is 0 Å². The molecule has 1 aliphatic heterocycles. The van der Waals surface area contributed by atoms with Crippen molar-refractivity contribution in [3.63, 3.8) is 0 Å². The minimum Gasteiger partial charge on any atom is -0.326 e. The maximum absolute atomic E-state index is 11.9. The average molecular weight is 360 g/mol. The Kier molecular flexibility index (Phi) is 5.12. The zero-order valence-electron chi connectivity index (χ0n) is 13.0. The minimum atomic E-state index is -3.50. The Morgan fingerprint density at radius 2 is 1.87 bits per heavy atom. The number of hydrogen-bond acceptors (Lipinski definition) is 5. The molecule has 1 heterocycles. The summed E-state index contributed by atoms with van der Waals surface area (Å²) in [6, 6.07) is 5.87. The third-order valence-electron chi connectivity index (χ3n) is 3.72. The monoisotopic (exact) mass is 360 g/mol. The van der Waals surface area contributed by atoms with Gasteiger partial charge in [-0.15, -0.1) is 0 Å². The molecule has 0 unspecified atom stereocenters. The first-order valence-electron chi connectivity index (χ1n) is 7.13. The number of carbonyl (C=O) groups excluding carboxylic acids is 1. The van der Waals surface area contributed by atoms with Crippen LogP contribution < -0.4 is 5.32 Å². The van der Waals surface area contributed by atoms with Crippen molar-refractivity contribution < 1.29 is 21.6 Å². The Morgan fingerprint density at radius 1 is 1.26 bits per heavy atom. The molecule has 1 fully saturated rings. The third kappa shape index (κ3) is 4.52. The lowest BCUT2D eigenvalue weighted by Gasteiger charge is -2.12. The zero-order chi connectivity index (χ0) is 17.3. The first-order valence-corrected chi connectivity index (χ1v) is 10.4. The SMILES string of the molecule is CN(C)S(=O)(=O)c1ccc(NC(=O)C[C@@H]2CCS(=O)(=O)C2)cc1. The summed E-state index contributed by atoms with van der Waals surface area (Å²) in [6.45, 7) is 0. The molecule has 9 heteroatoms. The Labute approximate surface area is 136 Å². The molecule has 0 aliphatic carbocycles.